The van der Waals surface area contributed by atoms with E-state index in [1.807, 2.05) is 0 Å². The van der Waals surface area contributed by atoms with E-state index in [4.69, 9.17) is 23.2 Å². The lowest BCUT2D eigenvalue weighted by Crippen LogP contribution is -2.17. The van der Waals surface area contributed by atoms with E-state index in [1.165, 1.54) is 18.2 Å². The highest BCUT2D eigenvalue weighted by Gasteiger charge is 2.31. The first kappa shape index (κ1) is 17.6. The molecule has 124 valence electrons. The van der Waals surface area contributed by atoms with Gasteiger partial charge in [0.25, 0.3) is 10.0 Å². The molecule has 0 atom stereocenters. The predicted octanol–water partition coefficient (Wildman–Crippen LogP) is 4.09. The first-order valence-electron chi connectivity index (χ1n) is 5.77. The van der Waals surface area contributed by atoms with Crippen LogP contribution in [0.15, 0.2) is 41.3 Å². The Morgan fingerprint density at radius 3 is 2.43 bits per heavy atom. The molecule has 2 rings (SSSR count). The molecule has 0 unspecified atom stereocenters. The average Bonchev–Trinajstić information content (AvgIpc) is 2.35. The van der Waals surface area contributed by atoms with Crippen LogP contribution in [0.25, 0.3) is 0 Å². The summed E-state index contributed by atoms with van der Waals surface area (Å²) in [5.41, 5.74) is -0.141. The fourth-order valence-corrected chi connectivity index (χ4v) is 3.28. The molecule has 1 heterocycles. The largest absolute Gasteiger partial charge is 0.573 e. The summed E-state index contributed by atoms with van der Waals surface area (Å²) in [6.07, 6.45) is -4.89. The van der Waals surface area contributed by atoms with E-state index in [9.17, 15) is 21.6 Å². The van der Waals surface area contributed by atoms with Gasteiger partial charge in [-0.15, -0.1) is 13.2 Å². The quantitative estimate of drug-likeness (QED) is 0.803. The number of anilines is 1. The molecule has 0 radical (unpaired) electrons. The van der Waals surface area contributed by atoms with Crippen LogP contribution in [0.5, 0.6) is 5.75 Å². The normalized spacial score (nSPS) is 12.0. The van der Waals surface area contributed by atoms with Crippen molar-refractivity contribution < 1.29 is 26.3 Å². The standard InChI is InChI=1S/C12H7Cl2F3N2O3S/c13-10-5-4-9(11(14)18-10)23(20,21)19-7-2-1-3-8(6-7)22-12(15,16)17/h1-6,19H. The summed E-state index contributed by atoms with van der Waals surface area (Å²) in [6, 6.07) is 6.68. The first-order chi connectivity index (χ1) is 10.6. The molecule has 0 aliphatic carbocycles. The second-order valence-electron chi connectivity index (χ2n) is 4.10. The van der Waals surface area contributed by atoms with Crippen molar-refractivity contribution in [1.29, 1.82) is 0 Å². The maximum Gasteiger partial charge on any atom is 0.573 e. The summed E-state index contributed by atoms with van der Waals surface area (Å²) in [5, 5.41) is -0.373. The van der Waals surface area contributed by atoms with Gasteiger partial charge in [-0.05, 0) is 24.3 Å². The van der Waals surface area contributed by atoms with Crippen molar-refractivity contribution in [1.82, 2.24) is 4.98 Å². The number of aromatic nitrogens is 1. The molecule has 1 aromatic heterocycles. The maximum atomic E-state index is 12.2. The number of pyridine rings is 1. The van der Waals surface area contributed by atoms with Crippen molar-refractivity contribution in [2.45, 2.75) is 11.3 Å². The molecule has 23 heavy (non-hydrogen) atoms. The number of nitrogens with zero attached hydrogens (tertiary/aromatic N) is 1. The van der Waals surface area contributed by atoms with Crippen LogP contribution < -0.4 is 9.46 Å². The Balaban J connectivity index is 2.29. The smallest absolute Gasteiger partial charge is 0.406 e. The van der Waals surface area contributed by atoms with Crippen molar-refractivity contribution in [3.05, 3.63) is 46.7 Å². The second-order valence-corrected chi connectivity index (χ2v) is 6.50. The fourth-order valence-electron chi connectivity index (χ4n) is 1.57. The van der Waals surface area contributed by atoms with Crippen LogP contribution in [0.1, 0.15) is 0 Å². The minimum absolute atomic E-state index is 0.00507. The lowest BCUT2D eigenvalue weighted by molar-refractivity contribution is -0.274. The molecule has 1 N–H and O–H groups in total. The Labute approximate surface area is 139 Å². The number of nitrogens with one attached hydrogen (secondary N) is 1. The van der Waals surface area contributed by atoms with Gasteiger partial charge in [0, 0.05) is 6.07 Å². The van der Waals surface area contributed by atoms with Gasteiger partial charge in [0.15, 0.2) is 5.15 Å². The van der Waals surface area contributed by atoms with E-state index in [-0.39, 0.29) is 20.9 Å². The van der Waals surface area contributed by atoms with Gasteiger partial charge in [0.2, 0.25) is 0 Å². The van der Waals surface area contributed by atoms with Crippen molar-refractivity contribution in [2.24, 2.45) is 0 Å². The highest BCUT2D eigenvalue weighted by Crippen LogP contribution is 2.28. The molecule has 0 aliphatic heterocycles. The molecule has 0 bridgehead atoms. The molecule has 0 aliphatic rings. The molecular weight excluding hydrogens is 380 g/mol. The van der Waals surface area contributed by atoms with Crippen LogP contribution in [0.3, 0.4) is 0 Å². The molecule has 0 fully saturated rings. The van der Waals surface area contributed by atoms with Gasteiger partial charge in [-0.2, -0.15) is 0 Å². The number of rotatable bonds is 4. The zero-order chi connectivity index (χ0) is 17.3. The van der Waals surface area contributed by atoms with Crippen molar-refractivity contribution in [2.75, 3.05) is 4.72 Å². The molecule has 11 heteroatoms. The minimum atomic E-state index is -4.89. The van der Waals surface area contributed by atoms with Crippen molar-refractivity contribution >= 4 is 38.9 Å². The summed E-state index contributed by atoms with van der Waals surface area (Å²) in [5.74, 6) is -0.571. The lowest BCUT2D eigenvalue weighted by Gasteiger charge is -2.12. The minimum Gasteiger partial charge on any atom is -0.406 e. The summed E-state index contributed by atoms with van der Waals surface area (Å²) < 4.78 is 66.7. The van der Waals surface area contributed by atoms with Crippen LogP contribution in [-0.2, 0) is 10.0 Å². The molecule has 2 aromatic rings. The summed E-state index contributed by atoms with van der Waals surface area (Å²) in [7, 11) is -4.16. The lowest BCUT2D eigenvalue weighted by atomic mass is 10.3. The number of hydrogen-bond donors (Lipinski definition) is 1. The first-order valence-corrected chi connectivity index (χ1v) is 8.01. The van der Waals surface area contributed by atoms with Crippen molar-refractivity contribution in [3.63, 3.8) is 0 Å². The van der Waals surface area contributed by atoms with Gasteiger partial charge in [-0.3, -0.25) is 4.72 Å². The molecule has 1 aromatic carbocycles. The molecular formula is C12H7Cl2F3N2O3S. The highest BCUT2D eigenvalue weighted by atomic mass is 35.5. The van der Waals surface area contributed by atoms with Crippen molar-refractivity contribution in [3.8, 4) is 5.75 Å². The van der Waals surface area contributed by atoms with Crippen LogP contribution in [0.4, 0.5) is 18.9 Å². The third-order valence-corrected chi connectivity index (χ3v) is 4.41. The number of alkyl halides is 3. The zero-order valence-electron chi connectivity index (χ0n) is 10.9. The third kappa shape index (κ3) is 4.88. The zero-order valence-corrected chi connectivity index (χ0v) is 13.3. The van der Waals surface area contributed by atoms with Crippen LogP contribution in [-0.4, -0.2) is 19.8 Å². The second kappa shape index (κ2) is 6.42. The van der Waals surface area contributed by atoms with E-state index in [2.05, 4.69) is 14.4 Å². The molecule has 5 nitrogen and oxygen atoms in total. The van der Waals surface area contributed by atoms with Gasteiger partial charge < -0.3 is 4.74 Å². The maximum absolute atomic E-state index is 12.2. The van der Waals surface area contributed by atoms with Crippen LogP contribution >= 0.6 is 23.2 Å². The van der Waals surface area contributed by atoms with Crippen LogP contribution in [0.2, 0.25) is 10.3 Å². The number of ether oxygens (including phenoxy) is 1. The fraction of sp³-hybridized carbons (Fsp3) is 0.0833. The third-order valence-electron chi connectivity index (χ3n) is 2.39. The average molecular weight is 387 g/mol. The van der Waals surface area contributed by atoms with E-state index >= 15 is 0 Å². The summed E-state index contributed by atoms with van der Waals surface area (Å²) >= 11 is 11.3. The van der Waals surface area contributed by atoms with E-state index in [1.54, 1.807) is 0 Å². The highest BCUT2D eigenvalue weighted by molar-refractivity contribution is 7.92. The Morgan fingerprint density at radius 2 is 1.83 bits per heavy atom. The Bertz CT molecular complexity index is 829. The van der Waals surface area contributed by atoms with E-state index < -0.39 is 22.1 Å². The number of halogens is 5. The Kier molecular flexibility index (Phi) is 4.92. The van der Waals surface area contributed by atoms with E-state index in [0.717, 1.165) is 18.2 Å². The van der Waals surface area contributed by atoms with Gasteiger partial charge >= 0.3 is 6.36 Å². The number of sulfonamides is 1. The Morgan fingerprint density at radius 1 is 1.13 bits per heavy atom. The predicted molar refractivity (Wildman–Crippen MR) is 78.2 cm³/mol. The van der Waals surface area contributed by atoms with Gasteiger partial charge in [-0.1, -0.05) is 29.3 Å². The van der Waals surface area contributed by atoms with Gasteiger partial charge in [0.1, 0.15) is 15.8 Å². The number of benzene rings is 1. The van der Waals surface area contributed by atoms with Gasteiger partial charge in [-0.25, -0.2) is 13.4 Å². The number of hydrogen-bond acceptors (Lipinski definition) is 4. The molecule has 0 saturated carbocycles. The Hall–Kier alpha value is -1.71. The molecule has 0 amide bonds. The monoisotopic (exact) mass is 386 g/mol. The molecule has 0 spiro atoms. The van der Waals surface area contributed by atoms with Crippen LogP contribution in [0, 0.1) is 0 Å². The van der Waals surface area contributed by atoms with Gasteiger partial charge in [0.05, 0.1) is 5.69 Å². The molecule has 0 saturated heterocycles. The summed E-state index contributed by atoms with van der Waals surface area (Å²) in [4.78, 5) is 3.22. The summed E-state index contributed by atoms with van der Waals surface area (Å²) in [6.45, 7) is 0. The van der Waals surface area contributed by atoms with E-state index in [0.29, 0.717) is 0 Å². The SMILES string of the molecule is O=S(=O)(Nc1cccc(OC(F)(F)F)c1)c1ccc(Cl)nc1Cl. The topological polar surface area (TPSA) is 68.3 Å².